The largest absolute Gasteiger partial charge is 0.481 e. The Balaban J connectivity index is 1.69. The Morgan fingerprint density at radius 2 is 1.85 bits per heavy atom. The number of aliphatic carboxylic acids is 1. The molecule has 1 aromatic carbocycles. The Labute approximate surface area is 160 Å². The van der Waals surface area contributed by atoms with E-state index in [0.717, 1.165) is 10.6 Å². The van der Waals surface area contributed by atoms with Crippen molar-refractivity contribution in [3.05, 3.63) is 40.4 Å². The van der Waals surface area contributed by atoms with E-state index in [1.54, 1.807) is 38.1 Å². The van der Waals surface area contributed by atoms with Crippen LogP contribution in [0.2, 0.25) is 0 Å². The topological polar surface area (TPSA) is 108 Å². The molecule has 3 N–H and O–H groups in total. The van der Waals surface area contributed by atoms with E-state index in [1.165, 1.54) is 11.3 Å². The Morgan fingerprint density at radius 1 is 1.15 bits per heavy atom. The van der Waals surface area contributed by atoms with Gasteiger partial charge in [0.1, 0.15) is 0 Å². The zero-order chi connectivity index (χ0) is 19.9. The first kappa shape index (κ1) is 19.0. The number of nitrogens with zero attached hydrogens (tertiary/aromatic N) is 1. The van der Waals surface area contributed by atoms with Crippen LogP contribution in [0, 0.1) is 31.1 Å². The monoisotopic (exact) mass is 387 g/mol. The van der Waals surface area contributed by atoms with Crippen molar-refractivity contribution in [3.8, 4) is 0 Å². The summed E-state index contributed by atoms with van der Waals surface area (Å²) in [5.74, 6) is -2.93. The van der Waals surface area contributed by atoms with Crippen LogP contribution in [0.3, 0.4) is 0 Å². The van der Waals surface area contributed by atoms with Crippen LogP contribution < -0.4 is 10.6 Å². The van der Waals surface area contributed by atoms with Gasteiger partial charge in [-0.15, -0.1) is 11.3 Å². The molecule has 2 amide bonds. The van der Waals surface area contributed by atoms with E-state index < -0.39 is 23.2 Å². The zero-order valence-electron chi connectivity index (χ0n) is 15.5. The fourth-order valence-corrected chi connectivity index (χ4v) is 4.05. The second-order valence-electron chi connectivity index (χ2n) is 7.30. The number of aromatic nitrogens is 1. The maximum absolute atomic E-state index is 12.4. The fraction of sp³-hybridized carbons (Fsp3) is 0.368. The maximum atomic E-state index is 12.4. The number of amides is 2. The van der Waals surface area contributed by atoms with Crippen molar-refractivity contribution < 1.29 is 19.5 Å². The third-order valence-electron chi connectivity index (χ3n) is 5.02. The number of aryl methyl sites for hydroxylation is 2. The molecule has 0 bridgehead atoms. The van der Waals surface area contributed by atoms with Crippen molar-refractivity contribution in [1.82, 2.24) is 4.98 Å². The van der Waals surface area contributed by atoms with E-state index in [4.69, 9.17) is 0 Å². The number of nitrogens with one attached hydrogen (secondary N) is 2. The SMILES string of the molecule is Cc1nc(NC(=O)c2cccc(NC(=O)[C@H]3[C@H](C(=O)O)C3(C)C)c2)sc1C. The van der Waals surface area contributed by atoms with Crippen molar-refractivity contribution >= 4 is 39.9 Å². The van der Waals surface area contributed by atoms with Crippen LogP contribution >= 0.6 is 11.3 Å². The molecule has 3 rings (SSSR count). The van der Waals surface area contributed by atoms with E-state index in [0.29, 0.717) is 16.4 Å². The smallest absolute Gasteiger partial charge is 0.307 e. The Bertz CT molecular complexity index is 915. The molecule has 1 aliphatic carbocycles. The molecular weight excluding hydrogens is 366 g/mol. The van der Waals surface area contributed by atoms with Gasteiger partial charge in [0.25, 0.3) is 5.91 Å². The summed E-state index contributed by atoms with van der Waals surface area (Å²) in [7, 11) is 0. The molecule has 0 spiro atoms. The number of carbonyl (C=O) groups excluding carboxylic acids is 2. The first-order valence-electron chi connectivity index (χ1n) is 8.50. The first-order chi connectivity index (χ1) is 12.6. The number of rotatable bonds is 5. The van der Waals surface area contributed by atoms with Crippen LogP contribution in [0.4, 0.5) is 10.8 Å². The molecule has 1 saturated carbocycles. The van der Waals surface area contributed by atoms with Crippen LogP contribution in [-0.2, 0) is 9.59 Å². The predicted molar refractivity (Wildman–Crippen MR) is 103 cm³/mol. The molecule has 1 aromatic heterocycles. The van der Waals surface area contributed by atoms with Gasteiger partial charge in [0.05, 0.1) is 17.5 Å². The summed E-state index contributed by atoms with van der Waals surface area (Å²) in [6, 6.07) is 6.53. The summed E-state index contributed by atoms with van der Waals surface area (Å²) >= 11 is 1.40. The molecule has 1 fully saturated rings. The van der Waals surface area contributed by atoms with Gasteiger partial charge in [-0.1, -0.05) is 19.9 Å². The molecular formula is C19H21N3O4S. The van der Waals surface area contributed by atoms with Crippen molar-refractivity contribution in [3.63, 3.8) is 0 Å². The lowest BCUT2D eigenvalue weighted by atomic mass is 10.1. The van der Waals surface area contributed by atoms with Gasteiger partial charge in [0, 0.05) is 16.1 Å². The molecule has 1 heterocycles. The third-order valence-corrected chi connectivity index (χ3v) is 6.01. The van der Waals surface area contributed by atoms with Gasteiger partial charge in [0.15, 0.2) is 5.13 Å². The van der Waals surface area contributed by atoms with Gasteiger partial charge >= 0.3 is 5.97 Å². The standard InChI is InChI=1S/C19H21N3O4S/c1-9-10(2)27-18(20-9)22-15(23)11-6-5-7-12(8-11)21-16(24)13-14(17(25)26)19(13,3)4/h5-8,13-14H,1-4H3,(H,21,24)(H,25,26)(H,20,22,23)/t13-,14-/m1/s1. The number of carboxylic acid groups (broad SMARTS) is 1. The third kappa shape index (κ3) is 3.71. The van der Waals surface area contributed by atoms with Crippen LogP contribution in [0.5, 0.6) is 0 Å². The van der Waals surface area contributed by atoms with E-state index >= 15 is 0 Å². The quantitative estimate of drug-likeness (QED) is 0.729. The second-order valence-corrected chi connectivity index (χ2v) is 8.50. The second kappa shape index (κ2) is 6.77. The van der Waals surface area contributed by atoms with E-state index in [9.17, 15) is 19.5 Å². The van der Waals surface area contributed by atoms with Gasteiger partial charge in [-0.2, -0.15) is 0 Å². The number of carboxylic acids is 1. The van der Waals surface area contributed by atoms with Gasteiger partial charge in [-0.05, 0) is 37.5 Å². The average molecular weight is 387 g/mol. The summed E-state index contributed by atoms with van der Waals surface area (Å²) in [4.78, 5) is 41.4. The number of anilines is 2. The number of hydrogen-bond donors (Lipinski definition) is 3. The Morgan fingerprint density at radius 3 is 2.41 bits per heavy atom. The molecule has 2 atom stereocenters. The highest BCUT2D eigenvalue weighted by atomic mass is 32.1. The lowest BCUT2D eigenvalue weighted by Crippen LogP contribution is -2.18. The molecule has 0 aliphatic heterocycles. The van der Waals surface area contributed by atoms with Crippen LogP contribution in [-0.4, -0.2) is 27.9 Å². The summed E-state index contributed by atoms with van der Waals surface area (Å²) < 4.78 is 0. The summed E-state index contributed by atoms with van der Waals surface area (Å²) in [5.41, 5.74) is 1.12. The van der Waals surface area contributed by atoms with E-state index in [-0.39, 0.29) is 11.8 Å². The maximum Gasteiger partial charge on any atom is 0.307 e. The Kier molecular flexibility index (Phi) is 4.77. The lowest BCUT2D eigenvalue weighted by Gasteiger charge is -2.08. The number of benzene rings is 1. The predicted octanol–water partition coefficient (Wildman–Crippen LogP) is 3.31. The molecule has 8 heteroatoms. The van der Waals surface area contributed by atoms with Gasteiger partial charge in [0.2, 0.25) is 5.91 Å². The molecule has 142 valence electrons. The molecule has 0 unspecified atom stereocenters. The summed E-state index contributed by atoms with van der Waals surface area (Å²) in [6.45, 7) is 7.33. The number of hydrogen-bond acceptors (Lipinski definition) is 5. The molecule has 0 radical (unpaired) electrons. The minimum absolute atomic E-state index is 0.324. The highest BCUT2D eigenvalue weighted by molar-refractivity contribution is 7.15. The molecule has 1 aliphatic rings. The first-order valence-corrected chi connectivity index (χ1v) is 9.32. The van der Waals surface area contributed by atoms with E-state index in [2.05, 4.69) is 15.6 Å². The highest BCUT2D eigenvalue weighted by Gasteiger charge is 2.65. The molecule has 7 nitrogen and oxygen atoms in total. The van der Waals surface area contributed by atoms with Crippen molar-refractivity contribution in [2.45, 2.75) is 27.7 Å². The van der Waals surface area contributed by atoms with Gasteiger partial charge in [-0.3, -0.25) is 19.7 Å². The zero-order valence-corrected chi connectivity index (χ0v) is 16.3. The van der Waals surface area contributed by atoms with Gasteiger partial charge < -0.3 is 10.4 Å². The normalized spacial score (nSPS) is 20.0. The van der Waals surface area contributed by atoms with Crippen LogP contribution in [0.15, 0.2) is 24.3 Å². The van der Waals surface area contributed by atoms with Crippen molar-refractivity contribution in [2.24, 2.45) is 17.3 Å². The number of thiazole rings is 1. The van der Waals surface area contributed by atoms with Gasteiger partial charge in [-0.25, -0.2) is 4.98 Å². The van der Waals surface area contributed by atoms with Crippen LogP contribution in [0.25, 0.3) is 0 Å². The highest BCUT2D eigenvalue weighted by Crippen LogP contribution is 2.58. The minimum atomic E-state index is -0.970. The number of carbonyl (C=O) groups is 3. The molecule has 27 heavy (non-hydrogen) atoms. The fourth-order valence-electron chi connectivity index (χ4n) is 3.24. The van der Waals surface area contributed by atoms with Crippen molar-refractivity contribution in [2.75, 3.05) is 10.6 Å². The lowest BCUT2D eigenvalue weighted by molar-refractivity contribution is -0.140. The molecule has 2 aromatic rings. The Hall–Kier alpha value is -2.74. The minimum Gasteiger partial charge on any atom is -0.481 e. The summed E-state index contributed by atoms with van der Waals surface area (Å²) in [6.07, 6.45) is 0. The van der Waals surface area contributed by atoms with E-state index in [1.807, 2.05) is 13.8 Å². The van der Waals surface area contributed by atoms with Crippen LogP contribution in [0.1, 0.15) is 34.8 Å². The molecule has 0 saturated heterocycles. The average Bonchev–Trinajstić information content (AvgIpc) is 3.04. The van der Waals surface area contributed by atoms with Crippen molar-refractivity contribution in [1.29, 1.82) is 0 Å². The summed E-state index contributed by atoms with van der Waals surface area (Å²) in [5, 5.41) is 15.2.